The van der Waals surface area contributed by atoms with Gasteiger partial charge in [-0.05, 0) is 0 Å². The first kappa shape index (κ1) is 38.2. The summed E-state index contributed by atoms with van der Waals surface area (Å²) in [5, 5.41) is 0. The Bertz CT molecular complexity index is 6.00. The van der Waals surface area contributed by atoms with Crippen LogP contribution in [0.2, 0.25) is 0 Å². The summed E-state index contributed by atoms with van der Waals surface area (Å²) in [5.41, 5.74) is 0. The largest absolute Gasteiger partial charge is 2.00 e. The topological polar surface area (TPSA) is 28.5 Å². The van der Waals surface area contributed by atoms with Gasteiger partial charge in [-0.2, -0.15) is 0 Å². The molecule has 4 heavy (non-hydrogen) atoms. The summed E-state index contributed by atoms with van der Waals surface area (Å²) in [6, 6.07) is 0. The monoisotopic (exact) mass is 78.0 g/mol. The van der Waals surface area contributed by atoms with E-state index in [-0.39, 0.29) is 72.0 Å². The molecule has 0 saturated heterocycles. The van der Waals surface area contributed by atoms with Crippen molar-refractivity contribution in [2.45, 2.75) is 7.43 Å². The Balaban J connectivity index is 0. The van der Waals surface area contributed by atoms with Crippen molar-refractivity contribution in [3.05, 3.63) is 0 Å². The summed E-state index contributed by atoms with van der Waals surface area (Å²) in [4.78, 5) is 0. The first-order valence-electron chi connectivity index (χ1n) is 0. The number of hydrogen-bond donors (Lipinski definition) is 0. The van der Waals surface area contributed by atoms with E-state index in [0.29, 0.717) is 0 Å². The van der Waals surface area contributed by atoms with Gasteiger partial charge in [0.2, 0.25) is 0 Å². The second kappa shape index (κ2) is 20.2. The average molecular weight is 78.0 g/mol. The van der Waals surface area contributed by atoms with Crippen LogP contribution in [0.4, 0.5) is 0 Å². The van der Waals surface area contributed by atoms with Crippen LogP contribution in [0.25, 0.3) is 0 Å². The van der Waals surface area contributed by atoms with Gasteiger partial charge in [-0.3, -0.25) is 0 Å². The van der Waals surface area contributed by atoms with Gasteiger partial charge in [0.25, 0.3) is 0 Å². The molecule has 0 aromatic heterocycles. The van der Waals surface area contributed by atoms with Crippen LogP contribution >= 0.6 is 0 Å². The molecule has 0 aliphatic rings. The molecule has 0 atom stereocenters. The summed E-state index contributed by atoms with van der Waals surface area (Å²) in [7, 11) is 0. The van der Waals surface area contributed by atoms with Gasteiger partial charge >= 0.3 is 59.1 Å². The minimum atomic E-state index is 0. The van der Waals surface area contributed by atoms with Crippen molar-refractivity contribution in [3.8, 4) is 0 Å². The van der Waals surface area contributed by atoms with Gasteiger partial charge in [-0.15, -0.1) is 0 Å². The van der Waals surface area contributed by atoms with Crippen molar-refractivity contribution in [2.24, 2.45) is 0 Å². The van der Waals surface area contributed by atoms with Crippen LogP contribution in [0.3, 0.4) is 0 Å². The maximum Gasteiger partial charge on any atom is 1.00 e. The van der Waals surface area contributed by atoms with Crippen LogP contribution in [0.15, 0.2) is 0 Å². The first-order chi connectivity index (χ1) is 0. The predicted octanol–water partition coefficient (Wildman–Crippen LogP) is -5.47. The predicted molar refractivity (Wildman–Crippen MR) is 7.42 cm³/mol. The second-order valence-corrected chi connectivity index (χ2v) is 0. The standard InChI is InChI=1S/CH4.2Na.O/h1H4;;;/q;2*+1;-2. The zero-order valence-corrected chi connectivity index (χ0v) is 6.41. The van der Waals surface area contributed by atoms with Crippen LogP contribution in [0.5, 0.6) is 0 Å². The molecule has 3 heteroatoms. The van der Waals surface area contributed by atoms with Gasteiger partial charge < -0.3 is 5.48 Å². The van der Waals surface area contributed by atoms with Gasteiger partial charge in [0, 0.05) is 0 Å². The molecule has 0 aliphatic carbocycles. The van der Waals surface area contributed by atoms with E-state index in [9.17, 15) is 0 Å². The SMILES string of the molecule is C.[Na+].[Na+].[O-2]. The molecule has 0 N–H and O–H groups in total. The van der Waals surface area contributed by atoms with Crippen molar-refractivity contribution in [3.63, 3.8) is 0 Å². The average Bonchev–Trinajstić information content (AvgIpc) is 0. The maximum absolute atomic E-state index is 0. The van der Waals surface area contributed by atoms with Gasteiger partial charge in [-0.1, -0.05) is 7.43 Å². The van der Waals surface area contributed by atoms with Gasteiger partial charge in [0.1, 0.15) is 0 Å². The molecule has 0 fully saturated rings. The molecule has 0 heterocycles. The normalized spacial score (nSPS) is 0. The number of rotatable bonds is 0. The Morgan fingerprint density at radius 3 is 0.750 bits per heavy atom. The molecule has 0 bridgehead atoms. The Hall–Kier alpha value is 1.96. The zero-order valence-electron chi connectivity index (χ0n) is 2.41. The fourth-order valence-electron chi connectivity index (χ4n) is 0. The summed E-state index contributed by atoms with van der Waals surface area (Å²) < 4.78 is 0. The van der Waals surface area contributed by atoms with Crippen LogP contribution < -0.4 is 59.1 Å². The summed E-state index contributed by atoms with van der Waals surface area (Å²) in [5.74, 6) is 0. The molecule has 0 aromatic carbocycles. The van der Waals surface area contributed by atoms with E-state index in [4.69, 9.17) is 0 Å². The molecule has 0 unspecified atom stereocenters. The van der Waals surface area contributed by atoms with Crippen LogP contribution in [-0.2, 0) is 5.48 Å². The van der Waals surface area contributed by atoms with Crippen molar-refractivity contribution >= 4 is 0 Å². The van der Waals surface area contributed by atoms with Crippen molar-refractivity contribution in [1.29, 1.82) is 0 Å². The molecular weight excluding hydrogens is 74.0 g/mol. The fourth-order valence-corrected chi connectivity index (χ4v) is 0. The first-order valence-corrected chi connectivity index (χ1v) is 0. The van der Waals surface area contributed by atoms with Gasteiger partial charge in [-0.25, -0.2) is 0 Å². The van der Waals surface area contributed by atoms with Gasteiger partial charge in [0.15, 0.2) is 0 Å². The third-order valence-electron chi connectivity index (χ3n) is 0. The van der Waals surface area contributed by atoms with Gasteiger partial charge in [0.05, 0.1) is 0 Å². The quantitative estimate of drug-likeness (QED) is 0.259. The zero-order chi connectivity index (χ0) is 0. The minimum absolute atomic E-state index is 0. The minimum Gasteiger partial charge on any atom is -2.00 e. The summed E-state index contributed by atoms with van der Waals surface area (Å²) in [6.07, 6.45) is 0. The molecule has 0 aliphatic heterocycles. The van der Waals surface area contributed by atoms with E-state index in [1.54, 1.807) is 0 Å². The smallest absolute Gasteiger partial charge is 1.00 e. The van der Waals surface area contributed by atoms with E-state index >= 15 is 0 Å². The third-order valence-corrected chi connectivity index (χ3v) is 0. The van der Waals surface area contributed by atoms with E-state index in [1.807, 2.05) is 0 Å². The molecule has 0 radical (unpaired) electrons. The maximum atomic E-state index is 0. The van der Waals surface area contributed by atoms with Crippen LogP contribution in [0.1, 0.15) is 7.43 Å². The second-order valence-electron chi connectivity index (χ2n) is 0. The number of hydrogen-bond acceptors (Lipinski definition) is 0. The van der Waals surface area contributed by atoms with Crippen LogP contribution in [-0.4, -0.2) is 0 Å². The Morgan fingerprint density at radius 1 is 0.750 bits per heavy atom. The molecule has 16 valence electrons. The van der Waals surface area contributed by atoms with Crippen LogP contribution in [0, 0.1) is 0 Å². The van der Waals surface area contributed by atoms with Crippen molar-refractivity contribution in [2.75, 3.05) is 0 Å². The van der Waals surface area contributed by atoms with Crippen molar-refractivity contribution in [1.82, 2.24) is 0 Å². The molecule has 0 spiro atoms. The molecular formula is CH4Na2O. The Labute approximate surface area is 71.0 Å². The summed E-state index contributed by atoms with van der Waals surface area (Å²) in [6.45, 7) is 0. The molecule has 1 nitrogen and oxygen atoms in total. The van der Waals surface area contributed by atoms with Crippen molar-refractivity contribution < 1.29 is 64.6 Å². The van der Waals surface area contributed by atoms with E-state index in [2.05, 4.69) is 0 Å². The molecule has 0 aromatic rings. The fraction of sp³-hybridized carbons (Fsp3) is 1.00. The Morgan fingerprint density at radius 2 is 0.750 bits per heavy atom. The Kier molecular flexibility index (Phi) is 193. The van der Waals surface area contributed by atoms with E-state index < -0.39 is 0 Å². The van der Waals surface area contributed by atoms with E-state index in [0.717, 1.165) is 0 Å². The van der Waals surface area contributed by atoms with E-state index in [1.165, 1.54) is 0 Å². The molecule has 0 rings (SSSR count). The third kappa shape index (κ3) is 9.03. The molecule has 0 amide bonds. The summed E-state index contributed by atoms with van der Waals surface area (Å²) >= 11 is 0. The molecule has 0 saturated carbocycles.